The van der Waals surface area contributed by atoms with Gasteiger partial charge in [0.15, 0.2) is 6.10 Å². The molecule has 49 heavy (non-hydrogen) atoms. The molecular formula is C38H41ClN4O5S. The first-order valence-electron chi connectivity index (χ1n) is 16.9. The predicted molar refractivity (Wildman–Crippen MR) is 193 cm³/mol. The Kier molecular flexibility index (Phi) is 9.02. The first-order chi connectivity index (χ1) is 23.4. The predicted octanol–water partition coefficient (Wildman–Crippen LogP) is 8.30. The van der Waals surface area contributed by atoms with Crippen molar-refractivity contribution in [1.29, 1.82) is 0 Å². The number of nitrogens with zero attached hydrogens (tertiary/aromatic N) is 4. The van der Waals surface area contributed by atoms with Gasteiger partial charge >= 0.3 is 5.97 Å². The van der Waals surface area contributed by atoms with Gasteiger partial charge in [0.2, 0.25) is 0 Å². The van der Waals surface area contributed by atoms with Crippen LogP contribution in [0.2, 0.25) is 5.02 Å². The first kappa shape index (κ1) is 33.7. The van der Waals surface area contributed by atoms with Crippen LogP contribution in [-0.4, -0.2) is 68.0 Å². The molecule has 256 valence electrons. The highest BCUT2D eigenvalue weighted by Gasteiger charge is 2.34. The van der Waals surface area contributed by atoms with Crippen LogP contribution in [0.3, 0.4) is 0 Å². The third-order valence-electron chi connectivity index (χ3n) is 9.54. The van der Waals surface area contributed by atoms with E-state index in [0.29, 0.717) is 30.3 Å². The standard InChI is InChI=1S/C38H41ClN4O5S/c1-21-19-27-34(31(22-8-11-25(39)12-9-22)30(21)33(37(45)46)48-38(2,3)4)49-35(40-27)24-10-13-28-26(20-24)32(41-42(28)5)23-14-16-43(17-15-23)36(44)29-7-6-18-47-29/h8-13,19-20,23,29,33H,6-7,14-18H2,1-5H3,(H,45,46)/t29-,33?/m1/s1. The molecule has 2 saturated heterocycles. The Morgan fingerprint density at radius 3 is 2.43 bits per heavy atom. The molecule has 9 nitrogen and oxygen atoms in total. The van der Waals surface area contributed by atoms with Gasteiger partial charge in [0.25, 0.3) is 5.91 Å². The summed E-state index contributed by atoms with van der Waals surface area (Å²) in [7, 11) is 1.97. The number of benzene rings is 3. The second-order valence-corrected chi connectivity index (χ2v) is 15.6. The molecule has 2 aliphatic rings. The maximum absolute atomic E-state index is 13.0. The van der Waals surface area contributed by atoms with E-state index in [-0.39, 0.29) is 17.9 Å². The molecule has 2 atom stereocenters. The van der Waals surface area contributed by atoms with Crippen LogP contribution in [0.1, 0.15) is 75.3 Å². The number of rotatable bonds is 7. The van der Waals surface area contributed by atoms with E-state index in [9.17, 15) is 14.7 Å². The Labute approximate surface area is 294 Å². The number of fused-ring (bicyclic) bond motifs is 2. The topological polar surface area (TPSA) is 107 Å². The fourth-order valence-corrected chi connectivity index (χ4v) is 8.49. The summed E-state index contributed by atoms with van der Waals surface area (Å²) >= 11 is 7.82. The number of aromatic nitrogens is 3. The quantitative estimate of drug-likeness (QED) is 0.182. The van der Waals surface area contributed by atoms with Crippen molar-refractivity contribution in [3.63, 3.8) is 0 Å². The maximum Gasteiger partial charge on any atom is 0.337 e. The van der Waals surface area contributed by atoms with Gasteiger partial charge in [0, 0.05) is 59.8 Å². The van der Waals surface area contributed by atoms with Gasteiger partial charge in [-0.25, -0.2) is 9.78 Å². The Morgan fingerprint density at radius 2 is 1.78 bits per heavy atom. The van der Waals surface area contributed by atoms with Crippen LogP contribution in [0.15, 0.2) is 48.5 Å². The van der Waals surface area contributed by atoms with Crippen molar-refractivity contribution in [2.24, 2.45) is 7.05 Å². The normalized spacial score (nSPS) is 18.1. The van der Waals surface area contributed by atoms with Crippen molar-refractivity contribution >= 4 is 55.9 Å². The molecule has 3 aromatic carbocycles. The van der Waals surface area contributed by atoms with Crippen molar-refractivity contribution in [3.05, 3.63) is 70.4 Å². The molecule has 0 radical (unpaired) electrons. The van der Waals surface area contributed by atoms with Gasteiger partial charge in [-0.1, -0.05) is 23.7 Å². The molecule has 0 saturated carbocycles. The molecule has 0 aliphatic carbocycles. The lowest BCUT2D eigenvalue weighted by Gasteiger charge is -2.32. The average molecular weight is 701 g/mol. The molecule has 2 aromatic heterocycles. The molecule has 5 aromatic rings. The first-order valence-corrected chi connectivity index (χ1v) is 18.1. The molecule has 7 rings (SSSR count). The summed E-state index contributed by atoms with van der Waals surface area (Å²) in [6, 6.07) is 15.8. The van der Waals surface area contributed by atoms with Crippen LogP contribution in [-0.2, 0) is 26.1 Å². The molecule has 0 spiro atoms. The number of piperidine rings is 1. The number of aliphatic carboxylic acids is 1. The number of ether oxygens (including phenoxy) is 2. The van der Waals surface area contributed by atoms with E-state index in [4.69, 9.17) is 31.2 Å². The summed E-state index contributed by atoms with van der Waals surface area (Å²) < 4.78 is 14.7. The number of amides is 1. The summed E-state index contributed by atoms with van der Waals surface area (Å²) in [5, 5.41) is 17.9. The lowest BCUT2D eigenvalue weighted by molar-refractivity contribution is -0.160. The second kappa shape index (κ2) is 13.1. The molecule has 11 heteroatoms. The molecule has 0 bridgehead atoms. The van der Waals surface area contributed by atoms with Crippen molar-refractivity contribution in [3.8, 4) is 21.7 Å². The highest BCUT2D eigenvalue weighted by molar-refractivity contribution is 7.22. The molecular weight excluding hydrogens is 660 g/mol. The number of halogens is 1. The van der Waals surface area contributed by atoms with Gasteiger partial charge in [-0.05, 0) is 101 Å². The average Bonchev–Trinajstić information content (AvgIpc) is 3.82. The fraction of sp³-hybridized carbons (Fsp3) is 0.421. The van der Waals surface area contributed by atoms with Crippen molar-refractivity contribution in [2.45, 2.75) is 77.1 Å². The summed E-state index contributed by atoms with van der Waals surface area (Å²) in [5.41, 5.74) is 6.21. The van der Waals surface area contributed by atoms with Gasteiger partial charge in [0.1, 0.15) is 11.1 Å². The number of carboxylic acids is 1. The van der Waals surface area contributed by atoms with Gasteiger partial charge in [-0.2, -0.15) is 5.10 Å². The third kappa shape index (κ3) is 6.59. The largest absolute Gasteiger partial charge is 0.479 e. The molecule has 2 aliphatic heterocycles. The molecule has 2 fully saturated rings. The van der Waals surface area contributed by atoms with E-state index >= 15 is 0 Å². The lowest BCUT2D eigenvalue weighted by atomic mass is 9.91. The number of carbonyl (C=O) groups is 2. The van der Waals surface area contributed by atoms with E-state index in [1.165, 1.54) is 0 Å². The van der Waals surface area contributed by atoms with Crippen LogP contribution in [0.25, 0.3) is 42.8 Å². The minimum Gasteiger partial charge on any atom is -0.479 e. The third-order valence-corrected chi connectivity index (χ3v) is 10.9. The zero-order valence-corrected chi connectivity index (χ0v) is 30.0. The SMILES string of the molecule is Cc1cc2nc(-c3ccc4c(c3)c(C3CCN(C(=O)[C@H]5CCCO5)CC3)nn4C)sc2c(-c2ccc(Cl)cc2)c1C(OC(C)(C)C)C(=O)O. The van der Waals surface area contributed by atoms with E-state index in [1.807, 2.05) is 74.7 Å². The number of carboxylic acid groups (broad SMARTS) is 1. The number of hydrogen-bond acceptors (Lipinski definition) is 7. The fourth-order valence-electron chi connectivity index (χ4n) is 7.24. The van der Waals surface area contributed by atoms with Gasteiger partial charge in [0.05, 0.1) is 27.0 Å². The van der Waals surface area contributed by atoms with Crippen LogP contribution in [0.5, 0.6) is 0 Å². The Bertz CT molecular complexity index is 2050. The summed E-state index contributed by atoms with van der Waals surface area (Å²) in [6.07, 6.45) is 1.99. The zero-order valence-electron chi connectivity index (χ0n) is 28.5. The molecule has 4 heterocycles. The Hall–Kier alpha value is -3.83. The summed E-state index contributed by atoms with van der Waals surface area (Å²) in [6.45, 7) is 9.57. The molecule has 1 N–H and O–H groups in total. The number of hydrogen-bond donors (Lipinski definition) is 1. The minimum absolute atomic E-state index is 0.121. The van der Waals surface area contributed by atoms with E-state index in [2.05, 4.69) is 18.2 Å². The molecule has 1 amide bonds. The smallest absolute Gasteiger partial charge is 0.337 e. The van der Waals surface area contributed by atoms with Crippen molar-refractivity contribution in [2.75, 3.05) is 19.7 Å². The highest BCUT2D eigenvalue weighted by atomic mass is 35.5. The lowest BCUT2D eigenvalue weighted by Crippen LogP contribution is -2.43. The van der Waals surface area contributed by atoms with Gasteiger partial charge in [-0.3, -0.25) is 9.48 Å². The van der Waals surface area contributed by atoms with E-state index in [0.717, 1.165) is 79.8 Å². The summed E-state index contributed by atoms with van der Waals surface area (Å²) in [4.78, 5) is 32.8. The second-order valence-electron chi connectivity index (χ2n) is 14.1. The van der Waals surface area contributed by atoms with Gasteiger partial charge < -0.3 is 19.5 Å². The number of aryl methyl sites for hydroxylation is 2. The van der Waals surface area contributed by atoms with Crippen LogP contribution in [0, 0.1) is 6.92 Å². The number of carbonyl (C=O) groups excluding carboxylic acids is 1. The van der Waals surface area contributed by atoms with E-state index in [1.54, 1.807) is 11.3 Å². The molecule has 1 unspecified atom stereocenters. The number of likely N-dealkylation sites (tertiary alicyclic amines) is 1. The summed E-state index contributed by atoms with van der Waals surface area (Å²) in [5.74, 6) is -0.690. The zero-order chi connectivity index (χ0) is 34.6. The van der Waals surface area contributed by atoms with Crippen LogP contribution >= 0.6 is 22.9 Å². The monoisotopic (exact) mass is 700 g/mol. The Balaban J connectivity index is 1.28. The van der Waals surface area contributed by atoms with E-state index < -0.39 is 17.7 Å². The van der Waals surface area contributed by atoms with Crippen LogP contribution < -0.4 is 0 Å². The van der Waals surface area contributed by atoms with Crippen molar-refractivity contribution < 1.29 is 24.2 Å². The van der Waals surface area contributed by atoms with Gasteiger partial charge in [-0.15, -0.1) is 11.3 Å². The number of thiazole rings is 1. The highest BCUT2D eigenvalue weighted by Crippen LogP contribution is 2.45. The van der Waals surface area contributed by atoms with Crippen molar-refractivity contribution in [1.82, 2.24) is 19.7 Å². The maximum atomic E-state index is 13.0. The minimum atomic E-state index is -1.18. The van der Waals surface area contributed by atoms with Crippen LogP contribution in [0.4, 0.5) is 0 Å². The Morgan fingerprint density at radius 1 is 1.06 bits per heavy atom.